The van der Waals surface area contributed by atoms with Crippen LogP contribution in [-0.2, 0) is 4.74 Å². The second kappa shape index (κ2) is 6.39. The molecule has 2 unspecified atom stereocenters. The standard InChI is InChI=1S/C14H26N4O/c1-11-10-18(14(16-11)15-6-8-19-4)13-5-7-17(3)12(2)9-13/h10,12-13H,5-9H2,1-4H3,(H,15,16). The Morgan fingerprint density at radius 1 is 1.53 bits per heavy atom. The summed E-state index contributed by atoms with van der Waals surface area (Å²) < 4.78 is 7.39. The van der Waals surface area contributed by atoms with Crippen molar-refractivity contribution < 1.29 is 4.74 Å². The molecule has 0 saturated carbocycles. The highest BCUT2D eigenvalue weighted by Gasteiger charge is 2.25. The smallest absolute Gasteiger partial charge is 0.203 e. The largest absolute Gasteiger partial charge is 0.383 e. The number of likely N-dealkylation sites (tertiary alicyclic amines) is 1. The number of imidazole rings is 1. The second-order valence-electron chi connectivity index (χ2n) is 5.54. The first-order valence-corrected chi connectivity index (χ1v) is 7.10. The molecule has 0 spiro atoms. The Bertz CT molecular complexity index is 404. The lowest BCUT2D eigenvalue weighted by Gasteiger charge is -2.36. The van der Waals surface area contributed by atoms with E-state index >= 15 is 0 Å². The Labute approximate surface area is 116 Å². The third kappa shape index (κ3) is 3.48. The minimum Gasteiger partial charge on any atom is -0.383 e. The molecule has 1 aromatic heterocycles. The van der Waals surface area contributed by atoms with E-state index in [-0.39, 0.29) is 0 Å². The fourth-order valence-corrected chi connectivity index (χ4v) is 2.71. The average molecular weight is 266 g/mol. The van der Waals surface area contributed by atoms with E-state index in [0.717, 1.165) is 24.7 Å². The van der Waals surface area contributed by atoms with Gasteiger partial charge in [-0.2, -0.15) is 0 Å². The quantitative estimate of drug-likeness (QED) is 0.827. The number of hydrogen-bond donors (Lipinski definition) is 1. The molecule has 1 aliphatic rings. The van der Waals surface area contributed by atoms with Gasteiger partial charge < -0.3 is 19.5 Å². The summed E-state index contributed by atoms with van der Waals surface area (Å²) in [5.74, 6) is 0.983. The molecule has 1 N–H and O–H groups in total. The Morgan fingerprint density at radius 2 is 2.32 bits per heavy atom. The Hall–Kier alpha value is -1.07. The van der Waals surface area contributed by atoms with Crippen LogP contribution in [0.2, 0.25) is 0 Å². The van der Waals surface area contributed by atoms with E-state index in [1.165, 1.54) is 12.8 Å². The van der Waals surface area contributed by atoms with Gasteiger partial charge in [0.25, 0.3) is 0 Å². The number of aromatic nitrogens is 2. The van der Waals surface area contributed by atoms with Crippen molar-refractivity contribution in [2.75, 3.05) is 39.2 Å². The zero-order valence-corrected chi connectivity index (χ0v) is 12.5. The van der Waals surface area contributed by atoms with Gasteiger partial charge >= 0.3 is 0 Å². The number of rotatable bonds is 5. The molecule has 1 aromatic rings. The van der Waals surface area contributed by atoms with Gasteiger partial charge in [-0.15, -0.1) is 0 Å². The molecule has 0 aromatic carbocycles. The lowest BCUT2D eigenvalue weighted by Crippen LogP contribution is -2.38. The molecule has 1 fully saturated rings. The summed E-state index contributed by atoms with van der Waals surface area (Å²) in [5, 5.41) is 3.37. The van der Waals surface area contributed by atoms with Crippen molar-refractivity contribution >= 4 is 5.95 Å². The highest BCUT2D eigenvalue weighted by molar-refractivity contribution is 5.29. The number of nitrogens with one attached hydrogen (secondary N) is 1. The fraction of sp³-hybridized carbons (Fsp3) is 0.786. The Morgan fingerprint density at radius 3 is 3.00 bits per heavy atom. The van der Waals surface area contributed by atoms with Gasteiger partial charge in [-0.25, -0.2) is 4.98 Å². The summed E-state index contributed by atoms with van der Waals surface area (Å²) in [4.78, 5) is 7.01. The number of ether oxygens (including phenoxy) is 1. The first kappa shape index (κ1) is 14.3. The van der Waals surface area contributed by atoms with Crippen LogP contribution in [-0.4, -0.2) is 54.3 Å². The molecule has 108 valence electrons. The summed E-state index contributed by atoms with van der Waals surface area (Å²) >= 11 is 0. The van der Waals surface area contributed by atoms with Crippen LogP contribution in [0.15, 0.2) is 6.20 Å². The van der Waals surface area contributed by atoms with Crippen molar-refractivity contribution in [3.05, 3.63) is 11.9 Å². The van der Waals surface area contributed by atoms with Crippen molar-refractivity contribution in [2.24, 2.45) is 0 Å². The summed E-state index contributed by atoms with van der Waals surface area (Å²) in [7, 11) is 3.93. The number of aryl methyl sites for hydroxylation is 1. The molecule has 1 saturated heterocycles. The molecule has 0 aliphatic carbocycles. The van der Waals surface area contributed by atoms with Crippen LogP contribution in [0.4, 0.5) is 5.95 Å². The first-order chi connectivity index (χ1) is 9.11. The third-order valence-corrected chi connectivity index (χ3v) is 4.02. The lowest BCUT2D eigenvalue weighted by atomic mass is 9.99. The topological polar surface area (TPSA) is 42.3 Å². The zero-order valence-electron chi connectivity index (χ0n) is 12.5. The van der Waals surface area contributed by atoms with Gasteiger partial charge in [-0.05, 0) is 33.7 Å². The van der Waals surface area contributed by atoms with E-state index in [1.54, 1.807) is 7.11 Å². The van der Waals surface area contributed by atoms with Crippen molar-refractivity contribution in [3.63, 3.8) is 0 Å². The maximum Gasteiger partial charge on any atom is 0.203 e. The molecule has 2 heterocycles. The van der Waals surface area contributed by atoms with Gasteiger partial charge in [-0.1, -0.05) is 0 Å². The molecule has 0 radical (unpaired) electrons. The molecule has 0 amide bonds. The van der Waals surface area contributed by atoms with Gasteiger partial charge in [0.1, 0.15) is 0 Å². The van der Waals surface area contributed by atoms with E-state index < -0.39 is 0 Å². The molecule has 2 atom stereocenters. The molecular weight excluding hydrogens is 240 g/mol. The van der Waals surface area contributed by atoms with Crippen LogP contribution < -0.4 is 5.32 Å². The molecule has 19 heavy (non-hydrogen) atoms. The Balaban J connectivity index is 2.06. The summed E-state index contributed by atoms with van der Waals surface area (Å²) in [6.07, 6.45) is 4.54. The zero-order chi connectivity index (χ0) is 13.8. The first-order valence-electron chi connectivity index (χ1n) is 7.10. The van der Waals surface area contributed by atoms with Crippen LogP contribution in [0.5, 0.6) is 0 Å². The SMILES string of the molecule is COCCNc1nc(C)cn1C1CCN(C)C(C)C1. The number of nitrogens with zero attached hydrogens (tertiary/aromatic N) is 3. The predicted molar refractivity (Wildman–Crippen MR) is 77.7 cm³/mol. The number of methoxy groups -OCH3 is 1. The lowest BCUT2D eigenvalue weighted by molar-refractivity contribution is 0.157. The molecule has 2 rings (SSSR count). The van der Waals surface area contributed by atoms with E-state index in [4.69, 9.17) is 4.74 Å². The minimum atomic E-state index is 0.553. The molecule has 1 aliphatic heterocycles. The minimum absolute atomic E-state index is 0.553. The maximum atomic E-state index is 5.08. The molecule has 0 bridgehead atoms. The average Bonchev–Trinajstić information content (AvgIpc) is 2.74. The highest BCUT2D eigenvalue weighted by Crippen LogP contribution is 2.29. The van der Waals surface area contributed by atoms with Crippen LogP contribution >= 0.6 is 0 Å². The van der Waals surface area contributed by atoms with Gasteiger partial charge in [-0.3, -0.25) is 0 Å². The summed E-state index contributed by atoms with van der Waals surface area (Å²) in [6, 6.07) is 1.19. The van der Waals surface area contributed by atoms with Crippen molar-refractivity contribution in [3.8, 4) is 0 Å². The number of hydrogen-bond acceptors (Lipinski definition) is 4. The van der Waals surface area contributed by atoms with Crippen molar-refractivity contribution in [1.82, 2.24) is 14.5 Å². The summed E-state index contributed by atoms with van der Waals surface area (Å²) in [5.41, 5.74) is 1.08. The highest BCUT2D eigenvalue weighted by atomic mass is 16.5. The van der Waals surface area contributed by atoms with Crippen LogP contribution in [0.1, 0.15) is 31.5 Å². The molecule has 5 heteroatoms. The monoisotopic (exact) mass is 266 g/mol. The summed E-state index contributed by atoms with van der Waals surface area (Å²) in [6.45, 7) is 7.01. The van der Waals surface area contributed by atoms with Crippen LogP contribution in [0, 0.1) is 6.92 Å². The van der Waals surface area contributed by atoms with Gasteiger partial charge in [0.2, 0.25) is 5.95 Å². The van der Waals surface area contributed by atoms with E-state index in [2.05, 4.69) is 46.9 Å². The maximum absolute atomic E-state index is 5.08. The fourth-order valence-electron chi connectivity index (χ4n) is 2.71. The number of anilines is 1. The predicted octanol–water partition coefficient (Wildman–Crippen LogP) is 1.91. The van der Waals surface area contributed by atoms with Crippen molar-refractivity contribution in [2.45, 2.75) is 38.8 Å². The van der Waals surface area contributed by atoms with E-state index in [1.807, 2.05) is 0 Å². The second-order valence-corrected chi connectivity index (χ2v) is 5.54. The van der Waals surface area contributed by atoms with Gasteiger partial charge in [0.15, 0.2) is 0 Å². The van der Waals surface area contributed by atoms with E-state index in [9.17, 15) is 0 Å². The van der Waals surface area contributed by atoms with E-state index in [0.29, 0.717) is 18.7 Å². The molecular formula is C14H26N4O. The van der Waals surface area contributed by atoms with Crippen LogP contribution in [0.3, 0.4) is 0 Å². The van der Waals surface area contributed by atoms with Crippen molar-refractivity contribution in [1.29, 1.82) is 0 Å². The van der Waals surface area contributed by atoms with Crippen LogP contribution in [0.25, 0.3) is 0 Å². The van der Waals surface area contributed by atoms with Gasteiger partial charge in [0.05, 0.1) is 12.3 Å². The number of piperidine rings is 1. The Kier molecular flexibility index (Phi) is 4.82. The normalized spacial score (nSPS) is 24.6. The third-order valence-electron chi connectivity index (χ3n) is 4.02. The van der Waals surface area contributed by atoms with Gasteiger partial charge in [0, 0.05) is 38.5 Å². The molecule has 5 nitrogen and oxygen atoms in total.